The third kappa shape index (κ3) is 2.45. The second-order valence-corrected chi connectivity index (χ2v) is 4.93. The number of nitrogen functional groups attached to an aromatic ring is 1. The van der Waals surface area contributed by atoms with Crippen LogP contribution in [0.4, 0.5) is 5.69 Å². The van der Waals surface area contributed by atoms with Crippen molar-refractivity contribution < 1.29 is 9.47 Å². The zero-order valence-corrected chi connectivity index (χ0v) is 12.7. The van der Waals surface area contributed by atoms with Crippen molar-refractivity contribution in [1.82, 2.24) is 9.55 Å². The van der Waals surface area contributed by atoms with E-state index in [0.717, 1.165) is 23.4 Å². The molecule has 0 aliphatic carbocycles. The summed E-state index contributed by atoms with van der Waals surface area (Å²) in [6.45, 7) is 3.25. The van der Waals surface area contributed by atoms with Crippen molar-refractivity contribution in [2.45, 2.75) is 20.1 Å². The van der Waals surface area contributed by atoms with Crippen LogP contribution in [0.25, 0.3) is 11.0 Å². The predicted octanol–water partition coefficient (Wildman–Crippen LogP) is 3.23. The Balaban J connectivity index is 1.92. The van der Waals surface area contributed by atoms with Gasteiger partial charge in [-0.15, -0.1) is 0 Å². The van der Waals surface area contributed by atoms with Crippen molar-refractivity contribution in [2.24, 2.45) is 0 Å². The van der Waals surface area contributed by atoms with Gasteiger partial charge >= 0.3 is 0 Å². The van der Waals surface area contributed by atoms with Crippen molar-refractivity contribution >= 4 is 16.7 Å². The lowest BCUT2D eigenvalue weighted by molar-refractivity contribution is 0.272. The number of hydrogen-bond donors (Lipinski definition) is 1. The zero-order chi connectivity index (χ0) is 15.5. The molecule has 0 aliphatic heterocycles. The van der Waals surface area contributed by atoms with Crippen LogP contribution in [0.3, 0.4) is 0 Å². The average Bonchev–Trinajstić information content (AvgIpc) is 2.92. The second kappa shape index (κ2) is 5.97. The van der Waals surface area contributed by atoms with E-state index in [1.165, 1.54) is 0 Å². The Kier molecular flexibility index (Phi) is 3.87. The summed E-state index contributed by atoms with van der Waals surface area (Å²) < 4.78 is 13.3. The van der Waals surface area contributed by atoms with Gasteiger partial charge in [-0.1, -0.05) is 18.2 Å². The van der Waals surface area contributed by atoms with Crippen LogP contribution in [0, 0.1) is 0 Å². The summed E-state index contributed by atoms with van der Waals surface area (Å²) in [7, 11) is 1.63. The first-order chi connectivity index (χ1) is 10.7. The van der Waals surface area contributed by atoms with Gasteiger partial charge in [-0.05, 0) is 31.2 Å². The van der Waals surface area contributed by atoms with Gasteiger partial charge in [0, 0.05) is 6.54 Å². The molecule has 5 nitrogen and oxygen atoms in total. The molecule has 1 heterocycles. The second-order valence-electron chi connectivity index (χ2n) is 4.93. The zero-order valence-electron chi connectivity index (χ0n) is 12.7. The Morgan fingerprint density at radius 2 is 1.86 bits per heavy atom. The smallest absolute Gasteiger partial charge is 0.161 e. The number of rotatable bonds is 5. The maximum Gasteiger partial charge on any atom is 0.161 e. The molecule has 0 atom stereocenters. The summed E-state index contributed by atoms with van der Waals surface area (Å²) in [5.74, 6) is 2.26. The van der Waals surface area contributed by atoms with Crippen LogP contribution in [0.2, 0.25) is 0 Å². The van der Waals surface area contributed by atoms with Gasteiger partial charge in [-0.3, -0.25) is 0 Å². The van der Waals surface area contributed by atoms with E-state index < -0.39 is 0 Å². The number of imidazole rings is 1. The molecule has 5 heteroatoms. The Hall–Kier alpha value is -2.69. The molecule has 3 aromatic rings. The molecule has 0 saturated carbocycles. The summed E-state index contributed by atoms with van der Waals surface area (Å²) >= 11 is 0. The predicted molar refractivity (Wildman–Crippen MR) is 87.1 cm³/mol. The van der Waals surface area contributed by atoms with Gasteiger partial charge in [0.15, 0.2) is 11.5 Å². The maximum absolute atomic E-state index is 6.01. The molecule has 1 aromatic heterocycles. The highest BCUT2D eigenvalue weighted by atomic mass is 16.5. The number of hydrogen-bond acceptors (Lipinski definition) is 4. The Bertz CT molecular complexity index is 796. The number of nitrogens with two attached hydrogens (primary N) is 1. The first-order valence-corrected chi connectivity index (χ1v) is 7.24. The molecule has 0 amide bonds. The highest BCUT2D eigenvalue weighted by Crippen LogP contribution is 2.27. The van der Waals surface area contributed by atoms with Crippen LogP contribution in [-0.4, -0.2) is 16.7 Å². The molecule has 0 bridgehead atoms. The third-order valence-corrected chi connectivity index (χ3v) is 3.63. The average molecular weight is 297 g/mol. The first-order valence-electron chi connectivity index (χ1n) is 7.24. The maximum atomic E-state index is 6.01. The van der Waals surface area contributed by atoms with Crippen molar-refractivity contribution in [3.05, 3.63) is 48.3 Å². The number of fused-ring (bicyclic) bond motifs is 1. The minimum absolute atomic E-state index is 0.363. The standard InChI is InChI=1S/C17H19N3O2/c1-3-20-13-8-6-7-12(18)17(13)19-16(20)11-22-15-10-5-4-9-14(15)21-2/h4-10H,3,11,18H2,1-2H3. The molecule has 0 unspecified atom stereocenters. The quantitative estimate of drug-likeness (QED) is 0.734. The van der Waals surface area contributed by atoms with Crippen LogP contribution in [0.1, 0.15) is 12.7 Å². The molecule has 0 radical (unpaired) electrons. The van der Waals surface area contributed by atoms with Gasteiger partial charge in [0.2, 0.25) is 0 Å². The fourth-order valence-electron chi connectivity index (χ4n) is 2.56. The van der Waals surface area contributed by atoms with Gasteiger partial charge in [-0.2, -0.15) is 0 Å². The molecule has 0 saturated heterocycles. The van der Waals surface area contributed by atoms with Crippen LogP contribution in [-0.2, 0) is 13.2 Å². The molecule has 0 fully saturated rings. The van der Waals surface area contributed by atoms with E-state index in [-0.39, 0.29) is 0 Å². The van der Waals surface area contributed by atoms with Crippen LogP contribution < -0.4 is 15.2 Å². The molecule has 2 aromatic carbocycles. The van der Waals surface area contributed by atoms with E-state index >= 15 is 0 Å². The summed E-state index contributed by atoms with van der Waals surface area (Å²) in [5, 5.41) is 0. The van der Waals surface area contributed by atoms with E-state index in [0.29, 0.717) is 23.8 Å². The number of aryl methyl sites for hydroxylation is 1. The molecular formula is C17H19N3O2. The molecule has 0 aliphatic rings. The van der Waals surface area contributed by atoms with E-state index in [1.807, 2.05) is 42.5 Å². The van der Waals surface area contributed by atoms with Crippen LogP contribution >= 0.6 is 0 Å². The van der Waals surface area contributed by atoms with E-state index in [4.69, 9.17) is 15.2 Å². The molecule has 0 spiro atoms. The normalized spacial score (nSPS) is 10.8. The first kappa shape index (κ1) is 14.3. The lowest BCUT2D eigenvalue weighted by atomic mass is 10.3. The van der Waals surface area contributed by atoms with Crippen LogP contribution in [0.15, 0.2) is 42.5 Å². The number of ether oxygens (including phenoxy) is 2. The van der Waals surface area contributed by atoms with Crippen LogP contribution in [0.5, 0.6) is 11.5 Å². The van der Waals surface area contributed by atoms with Crippen molar-refractivity contribution in [2.75, 3.05) is 12.8 Å². The van der Waals surface area contributed by atoms with Gasteiger partial charge in [0.1, 0.15) is 17.9 Å². The molecule has 3 rings (SSSR count). The fraction of sp³-hybridized carbons (Fsp3) is 0.235. The van der Waals surface area contributed by atoms with Crippen molar-refractivity contribution in [1.29, 1.82) is 0 Å². The highest BCUT2D eigenvalue weighted by molar-refractivity contribution is 5.87. The van der Waals surface area contributed by atoms with Crippen molar-refractivity contribution in [3.63, 3.8) is 0 Å². The largest absolute Gasteiger partial charge is 0.493 e. The van der Waals surface area contributed by atoms with E-state index in [1.54, 1.807) is 7.11 Å². The Morgan fingerprint density at radius 3 is 2.59 bits per heavy atom. The number of anilines is 1. The fourth-order valence-corrected chi connectivity index (χ4v) is 2.56. The highest BCUT2D eigenvalue weighted by Gasteiger charge is 2.12. The number of methoxy groups -OCH3 is 1. The van der Waals surface area contributed by atoms with Gasteiger partial charge in [-0.25, -0.2) is 4.98 Å². The van der Waals surface area contributed by atoms with Gasteiger partial charge in [0.25, 0.3) is 0 Å². The minimum Gasteiger partial charge on any atom is -0.493 e. The van der Waals surface area contributed by atoms with E-state index in [2.05, 4.69) is 16.5 Å². The molecular weight excluding hydrogens is 278 g/mol. The minimum atomic E-state index is 0.363. The number of nitrogens with zero attached hydrogens (tertiary/aromatic N) is 2. The number of aromatic nitrogens is 2. The number of benzene rings is 2. The monoisotopic (exact) mass is 297 g/mol. The summed E-state index contributed by atoms with van der Waals surface area (Å²) in [4.78, 5) is 4.63. The summed E-state index contributed by atoms with van der Waals surface area (Å²) in [6.07, 6.45) is 0. The van der Waals surface area contributed by atoms with Gasteiger partial charge < -0.3 is 19.8 Å². The third-order valence-electron chi connectivity index (χ3n) is 3.63. The summed E-state index contributed by atoms with van der Waals surface area (Å²) in [6, 6.07) is 13.4. The topological polar surface area (TPSA) is 62.3 Å². The SMILES string of the molecule is CCn1c(COc2ccccc2OC)nc2c(N)cccc21. The summed E-state index contributed by atoms with van der Waals surface area (Å²) in [5.41, 5.74) is 8.54. The lowest BCUT2D eigenvalue weighted by Gasteiger charge is -2.11. The molecule has 2 N–H and O–H groups in total. The Morgan fingerprint density at radius 1 is 1.09 bits per heavy atom. The lowest BCUT2D eigenvalue weighted by Crippen LogP contribution is -2.06. The van der Waals surface area contributed by atoms with Crippen molar-refractivity contribution in [3.8, 4) is 11.5 Å². The Labute approximate surface area is 129 Å². The molecule has 22 heavy (non-hydrogen) atoms. The number of para-hydroxylation sites is 3. The molecule has 114 valence electrons. The van der Waals surface area contributed by atoms with Gasteiger partial charge in [0.05, 0.1) is 18.3 Å². The van der Waals surface area contributed by atoms with E-state index in [9.17, 15) is 0 Å².